The lowest BCUT2D eigenvalue weighted by atomic mass is 10.1. The second-order valence-electron chi connectivity index (χ2n) is 7.09. The Kier molecular flexibility index (Phi) is 10.8. The number of nitrogens with zero attached hydrogens (tertiary/aromatic N) is 1. The molecule has 162 valence electrons. The van der Waals surface area contributed by atoms with Crippen LogP contribution in [0.25, 0.3) is 0 Å². The number of carbonyl (C=O) groups is 2. The summed E-state index contributed by atoms with van der Waals surface area (Å²) in [6.07, 6.45) is 1.93. The number of amides is 2. The van der Waals surface area contributed by atoms with Gasteiger partial charge in [-0.3, -0.25) is 9.59 Å². The molecule has 2 amide bonds. The van der Waals surface area contributed by atoms with Gasteiger partial charge in [0.05, 0.1) is 5.75 Å². The van der Waals surface area contributed by atoms with Crippen LogP contribution in [0.2, 0.25) is 5.02 Å². The Bertz CT molecular complexity index is 815. The lowest BCUT2D eigenvalue weighted by molar-refractivity contribution is -0.138. The number of carbonyl (C=O) groups excluding carboxylic acids is 2. The quantitative estimate of drug-likeness (QED) is 0.396. The molecule has 30 heavy (non-hydrogen) atoms. The van der Waals surface area contributed by atoms with Crippen molar-refractivity contribution in [2.75, 3.05) is 12.3 Å². The Morgan fingerprint density at radius 3 is 2.37 bits per heavy atom. The molecule has 7 heteroatoms. The van der Waals surface area contributed by atoms with Crippen molar-refractivity contribution in [1.29, 1.82) is 0 Å². The molecule has 0 fully saturated rings. The fourth-order valence-corrected chi connectivity index (χ4v) is 4.09. The summed E-state index contributed by atoms with van der Waals surface area (Å²) >= 11 is 11.0. The molecule has 0 bridgehead atoms. The van der Waals surface area contributed by atoms with Gasteiger partial charge < -0.3 is 10.2 Å². The van der Waals surface area contributed by atoms with E-state index in [1.165, 1.54) is 0 Å². The molecule has 4 nitrogen and oxygen atoms in total. The third-order valence-corrected chi connectivity index (χ3v) is 6.44. The first-order valence-electron chi connectivity index (χ1n) is 10.0. The molecule has 2 aromatic carbocycles. The fourth-order valence-electron chi connectivity index (χ4n) is 2.82. The van der Waals surface area contributed by atoms with Crippen LogP contribution in [0.4, 0.5) is 0 Å². The SMILES string of the molecule is CCCCNC(=O)[C@H](C)N(Cc1ccc(Cl)cc1)C(=O)CSCc1ccc(Br)cc1. The molecule has 0 aliphatic heterocycles. The summed E-state index contributed by atoms with van der Waals surface area (Å²) in [5.41, 5.74) is 2.10. The lowest BCUT2D eigenvalue weighted by Gasteiger charge is -2.29. The van der Waals surface area contributed by atoms with Crippen molar-refractivity contribution in [3.63, 3.8) is 0 Å². The molecule has 0 aliphatic rings. The summed E-state index contributed by atoms with van der Waals surface area (Å²) in [6.45, 7) is 4.86. The van der Waals surface area contributed by atoms with E-state index in [2.05, 4.69) is 28.2 Å². The number of rotatable bonds is 11. The summed E-state index contributed by atoms with van der Waals surface area (Å²) in [5, 5.41) is 3.58. The van der Waals surface area contributed by atoms with Crippen LogP contribution in [0, 0.1) is 0 Å². The molecule has 1 N–H and O–H groups in total. The zero-order chi connectivity index (χ0) is 21.9. The van der Waals surface area contributed by atoms with Gasteiger partial charge in [0.25, 0.3) is 0 Å². The zero-order valence-corrected chi connectivity index (χ0v) is 20.5. The van der Waals surface area contributed by atoms with Gasteiger partial charge in [0.15, 0.2) is 0 Å². The minimum atomic E-state index is -0.543. The standard InChI is InChI=1S/C23H28BrClN2O2S/c1-3-4-13-26-23(29)17(2)27(14-18-7-11-21(25)12-8-18)22(28)16-30-15-19-5-9-20(24)10-6-19/h5-12,17H,3-4,13-16H2,1-2H3,(H,26,29)/t17-/m0/s1. The van der Waals surface area contributed by atoms with Crippen molar-refractivity contribution >= 4 is 51.1 Å². The van der Waals surface area contributed by atoms with Gasteiger partial charge in [0, 0.05) is 28.3 Å². The lowest BCUT2D eigenvalue weighted by Crippen LogP contribution is -2.48. The van der Waals surface area contributed by atoms with Gasteiger partial charge >= 0.3 is 0 Å². The Morgan fingerprint density at radius 1 is 1.10 bits per heavy atom. The van der Waals surface area contributed by atoms with E-state index >= 15 is 0 Å². The fraction of sp³-hybridized carbons (Fsp3) is 0.391. The molecule has 0 heterocycles. The Labute approximate surface area is 196 Å². The molecule has 0 aromatic heterocycles. The molecule has 0 saturated carbocycles. The molecule has 1 atom stereocenters. The van der Waals surface area contributed by atoms with Crippen molar-refractivity contribution in [1.82, 2.24) is 10.2 Å². The van der Waals surface area contributed by atoms with Crippen LogP contribution in [0.5, 0.6) is 0 Å². The van der Waals surface area contributed by atoms with Gasteiger partial charge in [-0.05, 0) is 48.7 Å². The topological polar surface area (TPSA) is 49.4 Å². The van der Waals surface area contributed by atoms with Crippen LogP contribution in [0.15, 0.2) is 53.0 Å². The second-order valence-corrected chi connectivity index (χ2v) is 9.43. The summed E-state index contributed by atoms with van der Waals surface area (Å²) in [7, 11) is 0. The highest BCUT2D eigenvalue weighted by molar-refractivity contribution is 9.10. The maximum absolute atomic E-state index is 13.0. The summed E-state index contributed by atoms with van der Waals surface area (Å²) in [6, 6.07) is 14.9. The second kappa shape index (κ2) is 13.0. The third-order valence-electron chi connectivity index (χ3n) is 4.67. The molecule has 2 aromatic rings. The van der Waals surface area contributed by atoms with Crippen molar-refractivity contribution in [3.8, 4) is 0 Å². The van der Waals surface area contributed by atoms with Gasteiger partial charge in [-0.15, -0.1) is 11.8 Å². The summed E-state index contributed by atoms with van der Waals surface area (Å²) in [4.78, 5) is 27.3. The molecular weight excluding hydrogens is 484 g/mol. The van der Waals surface area contributed by atoms with Crippen LogP contribution in [-0.4, -0.2) is 35.1 Å². The van der Waals surface area contributed by atoms with Crippen LogP contribution < -0.4 is 5.32 Å². The van der Waals surface area contributed by atoms with Gasteiger partial charge in [-0.25, -0.2) is 0 Å². The highest BCUT2D eigenvalue weighted by atomic mass is 79.9. The maximum Gasteiger partial charge on any atom is 0.242 e. The first-order valence-corrected chi connectivity index (χ1v) is 12.4. The average molecular weight is 512 g/mol. The molecule has 0 aliphatic carbocycles. The van der Waals surface area contributed by atoms with Gasteiger partial charge in [0.1, 0.15) is 6.04 Å². The number of nitrogens with one attached hydrogen (secondary N) is 1. The predicted molar refractivity (Wildman–Crippen MR) is 130 cm³/mol. The maximum atomic E-state index is 13.0. The predicted octanol–water partition coefficient (Wildman–Crippen LogP) is 5.67. The van der Waals surface area contributed by atoms with Gasteiger partial charge in [-0.2, -0.15) is 0 Å². The van der Waals surface area contributed by atoms with E-state index in [0.717, 1.165) is 34.2 Å². The molecular formula is C23H28BrClN2O2S. The van der Waals surface area contributed by atoms with E-state index in [1.807, 2.05) is 36.4 Å². The van der Waals surface area contributed by atoms with E-state index in [0.29, 0.717) is 23.9 Å². The molecule has 2 rings (SSSR count). The molecule has 0 saturated heterocycles. The Morgan fingerprint density at radius 2 is 1.73 bits per heavy atom. The normalized spacial score (nSPS) is 11.7. The van der Waals surface area contributed by atoms with E-state index in [9.17, 15) is 9.59 Å². The van der Waals surface area contributed by atoms with E-state index in [4.69, 9.17) is 11.6 Å². The highest BCUT2D eigenvalue weighted by Crippen LogP contribution is 2.18. The number of unbranched alkanes of at least 4 members (excludes halogenated alkanes) is 1. The largest absolute Gasteiger partial charge is 0.354 e. The summed E-state index contributed by atoms with van der Waals surface area (Å²) < 4.78 is 1.03. The number of benzene rings is 2. The molecule has 0 unspecified atom stereocenters. The van der Waals surface area contributed by atoms with Crippen LogP contribution >= 0.6 is 39.3 Å². The van der Waals surface area contributed by atoms with Crippen molar-refractivity contribution < 1.29 is 9.59 Å². The van der Waals surface area contributed by atoms with E-state index in [-0.39, 0.29) is 11.8 Å². The van der Waals surface area contributed by atoms with Crippen molar-refractivity contribution in [2.45, 2.75) is 45.0 Å². The smallest absolute Gasteiger partial charge is 0.242 e. The first kappa shape index (κ1) is 24.8. The van der Waals surface area contributed by atoms with Gasteiger partial charge in [0.2, 0.25) is 11.8 Å². The third kappa shape index (κ3) is 8.32. The Hall–Kier alpha value is -1.50. The number of hydrogen-bond acceptors (Lipinski definition) is 3. The van der Waals surface area contributed by atoms with Crippen molar-refractivity contribution in [3.05, 3.63) is 69.2 Å². The number of thioether (sulfide) groups is 1. The highest BCUT2D eigenvalue weighted by Gasteiger charge is 2.25. The summed E-state index contributed by atoms with van der Waals surface area (Å²) in [5.74, 6) is 0.884. The Balaban J connectivity index is 2.02. The minimum Gasteiger partial charge on any atom is -0.354 e. The van der Waals surface area contributed by atoms with Crippen molar-refractivity contribution in [2.24, 2.45) is 0 Å². The first-order chi connectivity index (χ1) is 14.4. The molecule has 0 spiro atoms. The average Bonchev–Trinajstić information content (AvgIpc) is 2.74. The van der Waals surface area contributed by atoms with E-state index < -0.39 is 6.04 Å². The number of halogens is 2. The monoisotopic (exact) mass is 510 g/mol. The number of hydrogen-bond donors (Lipinski definition) is 1. The minimum absolute atomic E-state index is 0.0507. The van der Waals surface area contributed by atoms with Crippen LogP contribution in [0.1, 0.15) is 37.8 Å². The van der Waals surface area contributed by atoms with Gasteiger partial charge in [-0.1, -0.05) is 65.1 Å². The van der Waals surface area contributed by atoms with Crippen LogP contribution in [0.3, 0.4) is 0 Å². The molecule has 0 radical (unpaired) electrons. The zero-order valence-electron chi connectivity index (χ0n) is 17.4. The van der Waals surface area contributed by atoms with E-state index in [1.54, 1.807) is 35.7 Å². The van der Waals surface area contributed by atoms with Crippen LogP contribution in [-0.2, 0) is 21.9 Å².